The van der Waals surface area contributed by atoms with E-state index in [-0.39, 0.29) is 4.88 Å². The highest BCUT2D eigenvalue weighted by Gasteiger charge is 2.14. The van der Waals surface area contributed by atoms with E-state index in [1.165, 1.54) is 11.3 Å². The van der Waals surface area contributed by atoms with Crippen LogP contribution in [0, 0.1) is 0 Å². The summed E-state index contributed by atoms with van der Waals surface area (Å²) < 4.78 is 0.675. The fourth-order valence-electron chi connectivity index (χ4n) is 1.14. The molecule has 0 unspecified atom stereocenters. The van der Waals surface area contributed by atoms with Crippen molar-refractivity contribution in [3.63, 3.8) is 0 Å². The minimum absolute atomic E-state index is 0.175. The van der Waals surface area contributed by atoms with E-state index >= 15 is 0 Å². The van der Waals surface area contributed by atoms with Gasteiger partial charge in [-0.05, 0) is 18.2 Å². The summed E-state index contributed by atoms with van der Waals surface area (Å²) in [6.45, 7) is 0. The lowest BCUT2D eigenvalue weighted by Crippen LogP contribution is -1.96. The summed E-state index contributed by atoms with van der Waals surface area (Å²) in [7, 11) is 0. The van der Waals surface area contributed by atoms with Gasteiger partial charge in [0.25, 0.3) is 0 Å². The number of carboxylic acid groups (broad SMARTS) is 1. The minimum atomic E-state index is -0.994. The van der Waals surface area contributed by atoms with Crippen molar-refractivity contribution >= 4 is 45.9 Å². The second kappa shape index (κ2) is 3.84. The molecule has 0 spiro atoms. The molecule has 0 aliphatic carbocycles. The Labute approximate surface area is 98.7 Å². The minimum Gasteiger partial charge on any atom is -0.477 e. The molecular formula is C9H6ClNO2S2. The summed E-state index contributed by atoms with van der Waals surface area (Å²) in [6, 6.07) is 5.29. The molecule has 0 amide bonds. The van der Waals surface area contributed by atoms with Crippen molar-refractivity contribution in [3.8, 4) is 9.75 Å². The maximum atomic E-state index is 10.8. The molecule has 0 aliphatic rings. The third kappa shape index (κ3) is 1.99. The largest absolute Gasteiger partial charge is 0.477 e. The fraction of sp³-hybridized carbons (Fsp3) is 0. The molecule has 0 atom stereocenters. The molecule has 0 radical (unpaired) electrons. The van der Waals surface area contributed by atoms with Gasteiger partial charge in [-0.3, -0.25) is 0 Å². The van der Waals surface area contributed by atoms with Crippen LogP contribution >= 0.6 is 34.3 Å². The maximum Gasteiger partial charge on any atom is 0.348 e. The predicted octanol–water partition coefficient (Wildman–Crippen LogP) is 3.41. The quantitative estimate of drug-likeness (QED) is 0.869. The van der Waals surface area contributed by atoms with Gasteiger partial charge in [0, 0.05) is 9.75 Å². The van der Waals surface area contributed by atoms with E-state index in [1.807, 2.05) is 6.07 Å². The molecule has 0 aromatic carbocycles. The number of hydrogen-bond donors (Lipinski definition) is 2. The molecule has 2 rings (SSSR count). The number of halogens is 1. The molecular weight excluding hydrogens is 254 g/mol. The van der Waals surface area contributed by atoms with E-state index in [1.54, 1.807) is 12.1 Å². The second-order valence-corrected chi connectivity index (χ2v) is 5.57. The smallest absolute Gasteiger partial charge is 0.348 e. The molecule has 0 bridgehead atoms. The Hall–Kier alpha value is -1.04. The van der Waals surface area contributed by atoms with Gasteiger partial charge in [0.1, 0.15) is 4.88 Å². The molecule has 15 heavy (non-hydrogen) atoms. The number of rotatable bonds is 2. The zero-order chi connectivity index (χ0) is 11.0. The third-order valence-electron chi connectivity index (χ3n) is 1.77. The summed E-state index contributed by atoms with van der Waals surface area (Å²) in [4.78, 5) is 12.7. The Bertz CT molecular complexity index is 518. The van der Waals surface area contributed by atoms with Gasteiger partial charge in [0.2, 0.25) is 0 Å². The predicted molar refractivity (Wildman–Crippen MR) is 64.0 cm³/mol. The number of nitrogens with two attached hydrogens (primary N) is 1. The van der Waals surface area contributed by atoms with E-state index in [2.05, 4.69) is 0 Å². The molecule has 2 aromatic heterocycles. The molecule has 2 heterocycles. The van der Waals surface area contributed by atoms with Crippen molar-refractivity contribution in [2.24, 2.45) is 0 Å². The van der Waals surface area contributed by atoms with Gasteiger partial charge in [-0.1, -0.05) is 11.6 Å². The molecule has 78 valence electrons. The first-order valence-electron chi connectivity index (χ1n) is 3.96. The SMILES string of the molecule is Nc1cc(-c2ccc(Cl)s2)sc1C(=O)O. The first-order valence-corrected chi connectivity index (χ1v) is 5.97. The van der Waals surface area contributed by atoms with E-state index in [0.717, 1.165) is 21.1 Å². The molecule has 6 heteroatoms. The van der Waals surface area contributed by atoms with Crippen LogP contribution in [0.4, 0.5) is 5.69 Å². The monoisotopic (exact) mass is 259 g/mol. The standard InChI is InChI=1S/C9H6ClNO2S2/c10-7-2-1-5(14-7)6-3-4(11)8(15-6)9(12)13/h1-3H,11H2,(H,12,13). The van der Waals surface area contributed by atoms with Gasteiger partial charge in [0.15, 0.2) is 0 Å². The Balaban J connectivity index is 2.46. The Morgan fingerprint density at radius 2 is 2.07 bits per heavy atom. The van der Waals surface area contributed by atoms with Crippen LogP contribution in [0.1, 0.15) is 9.67 Å². The van der Waals surface area contributed by atoms with Crippen molar-refractivity contribution in [3.05, 3.63) is 27.4 Å². The van der Waals surface area contributed by atoms with Gasteiger partial charge in [-0.2, -0.15) is 0 Å². The number of hydrogen-bond acceptors (Lipinski definition) is 4. The highest BCUT2D eigenvalue weighted by Crippen LogP contribution is 2.38. The zero-order valence-electron chi connectivity index (χ0n) is 7.36. The Morgan fingerprint density at radius 3 is 2.53 bits per heavy atom. The number of aromatic carboxylic acids is 1. The summed E-state index contributed by atoms with van der Waals surface area (Å²) in [5, 5.41) is 8.84. The molecule has 0 aliphatic heterocycles. The van der Waals surface area contributed by atoms with Crippen LogP contribution in [0.3, 0.4) is 0 Å². The third-order valence-corrected chi connectivity index (χ3v) is 4.34. The van der Waals surface area contributed by atoms with Crippen LogP contribution < -0.4 is 5.73 Å². The average molecular weight is 260 g/mol. The summed E-state index contributed by atoms with van der Waals surface area (Å²) in [5.74, 6) is -0.994. The molecule has 3 N–H and O–H groups in total. The lowest BCUT2D eigenvalue weighted by molar-refractivity contribution is 0.0703. The van der Waals surface area contributed by atoms with Crippen molar-refractivity contribution in [2.75, 3.05) is 5.73 Å². The van der Waals surface area contributed by atoms with Crippen molar-refractivity contribution in [1.29, 1.82) is 0 Å². The number of carboxylic acids is 1. The van der Waals surface area contributed by atoms with Gasteiger partial charge in [-0.25, -0.2) is 4.79 Å². The van der Waals surface area contributed by atoms with Gasteiger partial charge in [-0.15, -0.1) is 22.7 Å². The van der Waals surface area contributed by atoms with Crippen LogP contribution in [0.2, 0.25) is 4.34 Å². The first kappa shape index (κ1) is 10.5. The average Bonchev–Trinajstić information content (AvgIpc) is 2.71. The fourth-order valence-corrected chi connectivity index (χ4v) is 3.18. The van der Waals surface area contributed by atoms with Crippen LogP contribution in [-0.4, -0.2) is 11.1 Å². The van der Waals surface area contributed by atoms with Crippen LogP contribution in [0.5, 0.6) is 0 Å². The summed E-state index contributed by atoms with van der Waals surface area (Å²) in [5.41, 5.74) is 5.89. The van der Waals surface area contributed by atoms with Crippen LogP contribution in [0.15, 0.2) is 18.2 Å². The zero-order valence-corrected chi connectivity index (χ0v) is 9.75. The first-order chi connectivity index (χ1) is 7.08. The van der Waals surface area contributed by atoms with E-state index in [4.69, 9.17) is 22.4 Å². The number of thiophene rings is 2. The molecule has 3 nitrogen and oxygen atoms in total. The summed E-state index contributed by atoms with van der Waals surface area (Å²) >= 11 is 8.36. The number of carbonyl (C=O) groups is 1. The number of anilines is 1. The molecule has 0 saturated carbocycles. The highest BCUT2D eigenvalue weighted by molar-refractivity contribution is 7.25. The molecule has 0 saturated heterocycles. The van der Waals surface area contributed by atoms with E-state index in [0.29, 0.717) is 10.0 Å². The molecule has 2 aromatic rings. The lowest BCUT2D eigenvalue weighted by atomic mass is 10.3. The summed E-state index contributed by atoms with van der Waals surface area (Å²) in [6.07, 6.45) is 0. The van der Waals surface area contributed by atoms with Gasteiger partial charge >= 0.3 is 5.97 Å². The lowest BCUT2D eigenvalue weighted by Gasteiger charge is -1.87. The van der Waals surface area contributed by atoms with Crippen LogP contribution in [0.25, 0.3) is 9.75 Å². The topological polar surface area (TPSA) is 63.3 Å². The van der Waals surface area contributed by atoms with Crippen LogP contribution in [-0.2, 0) is 0 Å². The maximum absolute atomic E-state index is 10.8. The van der Waals surface area contributed by atoms with Crippen molar-refractivity contribution in [2.45, 2.75) is 0 Å². The van der Waals surface area contributed by atoms with Crippen molar-refractivity contribution in [1.82, 2.24) is 0 Å². The Morgan fingerprint density at radius 1 is 1.33 bits per heavy atom. The normalized spacial score (nSPS) is 10.5. The second-order valence-electron chi connectivity index (χ2n) is 2.80. The van der Waals surface area contributed by atoms with E-state index in [9.17, 15) is 4.79 Å². The van der Waals surface area contributed by atoms with Gasteiger partial charge < -0.3 is 10.8 Å². The van der Waals surface area contributed by atoms with E-state index < -0.39 is 5.97 Å². The number of nitrogen functional groups attached to an aromatic ring is 1. The Kier molecular flexibility index (Phi) is 2.68. The van der Waals surface area contributed by atoms with Crippen molar-refractivity contribution < 1.29 is 9.90 Å². The molecule has 0 fully saturated rings. The van der Waals surface area contributed by atoms with Gasteiger partial charge in [0.05, 0.1) is 10.0 Å². The highest BCUT2D eigenvalue weighted by atomic mass is 35.5.